The highest BCUT2D eigenvalue weighted by atomic mass is 16.1. The predicted molar refractivity (Wildman–Crippen MR) is 114 cm³/mol. The smallest absolute Gasteiger partial charge is 0.257 e. The molecule has 1 aromatic heterocycles. The molecule has 0 aliphatic heterocycles. The summed E-state index contributed by atoms with van der Waals surface area (Å²) >= 11 is 0. The Morgan fingerprint density at radius 3 is 2.57 bits per heavy atom. The van der Waals surface area contributed by atoms with Gasteiger partial charge in [0.05, 0.1) is 6.54 Å². The van der Waals surface area contributed by atoms with Gasteiger partial charge in [-0.05, 0) is 61.7 Å². The number of aliphatic imine (C=N–C) groups is 1. The molecule has 0 aliphatic rings. The van der Waals surface area contributed by atoms with Crippen LogP contribution in [0.4, 0.5) is 5.69 Å². The standard InChI is InChI=1S/C23H24N4O/c1-16-6-4-8-20(12-16)22(28)27-23(25-15-19-7-5-11-24-14-19)26-21-13-17(2)9-10-18(21)3/h4-14H,15H2,1-3H3,(H2,25,26,27,28). The molecular weight excluding hydrogens is 348 g/mol. The fourth-order valence-electron chi connectivity index (χ4n) is 2.74. The second kappa shape index (κ2) is 8.95. The third kappa shape index (κ3) is 5.27. The summed E-state index contributed by atoms with van der Waals surface area (Å²) in [5, 5.41) is 6.18. The number of pyridine rings is 1. The van der Waals surface area contributed by atoms with Crippen molar-refractivity contribution in [2.75, 3.05) is 5.32 Å². The summed E-state index contributed by atoms with van der Waals surface area (Å²) in [5.41, 5.74) is 5.71. The van der Waals surface area contributed by atoms with Gasteiger partial charge in [-0.2, -0.15) is 0 Å². The Morgan fingerprint density at radius 2 is 1.82 bits per heavy atom. The average molecular weight is 372 g/mol. The number of benzene rings is 2. The summed E-state index contributed by atoms with van der Waals surface area (Å²) in [6.45, 7) is 6.42. The molecular formula is C23H24N4O. The highest BCUT2D eigenvalue weighted by molar-refractivity contribution is 6.10. The minimum absolute atomic E-state index is 0.202. The maximum absolute atomic E-state index is 12.7. The van der Waals surface area contributed by atoms with E-state index < -0.39 is 0 Å². The zero-order valence-electron chi connectivity index (χ0n) is 16.4. The molecule has 2 aromatic carbocycles. The lowest BCUT2D eigenvalue weighted by molar-refractivity contribution is 0.0977. The molecule has 0 atom stereocenters. The summed E-state index contributed by atoms with van der Waals surface area (Å²) in [6, 6.07) is 17.4. The Kier molecular flexibility index (Phi) is 6.17. The van der Waals surface area contributed by atoms with E-state index in [-0.39, 0.29) is 5.91 Å². The topological polar surface area (TPSA) is 66.4 Å². The molecule has 0 spiro atoms. The Balaban J connectivity index is 1.85. The first kappa shape index (κ1) is 19.3. The van der Waals surface area contributed by atoms with E-state index in [1.54, 1.807) is 18.5 Å². The highest BCUT2D eigenvalue weighted by Crippen LogP contribution is 2.16. The van der Waals surface area contributed by atoms with Gasteiger partial charge in [0.1, 0.15) is 0 Å². The van der Waals surface area contributed by atoms with Crippen molar-refractivity contribution >= 4 is 17.6 Å². The minimum Gasteiger partial charge on any atom is -0.326 e. The fraction of sp³-hybridized carbons (Fsp3) is 0.174. The van der Waals surface area contributed by atoms with Gasteiger partial charge in [-0.15, -0.1) is 0 Å². The number of carbonyl (C=O) groups excluding carboxylic acids is 1. The van der Waals surface area contributed by atoms with Gasteiger partial charge in [-0.3, -0.25) is 15.1 Å². The number of carbonyl (C=O) groups is 1. The number of guanidine groups is 1. The van der Waals surface area contributed by atoms with E-state index in [2.05, 4.69) is 26.7 Å². The Hall–Kier alpha value is -3.47. The first-order valence-electron chi connectivity index (χ1n) is 9.17. The van der Waals surface area contributed by atoms with E-state index in [9.17, 15) is 4.79 Å². The van der Waals surface area contributed by atoms with E-state index in [0.717, 1.165) is 27.9 Å². The van der Waals surface area contributed by atoms with Crippen molar-refractivity contribution < 1.29 is 4.79 Å². The Labute approximate surface area is 165 Å². The summed E-state index contributed by atoms with van der Waals surface area (Å²) in [5.74, 6) is 0.204. The third-order valence-electron chi connectivity index (χ3n) is 4.30. The average Bonchev–Trinajstić information content (AvgIpc) is 2.69. The zero-order chi connectivity index (χ0) is 19.9. The molecule has 3 rings (SSSR count). The van der Waals surface area contributed by atoms with Crippen molar-refractivity contribution in [2.24, 2.45) is 4.99 Å². The minimum atomic E-state index is -0.202. The van der Waals surface area contributed by atoms with Gasteiger partial charge >= 0.3 is 0 Å². The summed E-state index contributed by atoms with van der Waals surface area (Å²) in [4.78, 5) is 21.4. The maximum Gasteiger partial charge on any atom is 0.257 e. The molecule has 5 nitrogen and oxygen atoms in total. The monoisotopic (exact) mass is 372 g/mol. The van der Waals surface area contributed by atoms with E-state index in [1.807, 2.05) is 63.2 Å². The number of hydrogen-bond donors (Lipinski definition) is 2. The van der Waals surface area contributed by atoms with Gasteiger partial charge in [0.2, 0.25) is 5.96 Å². The van der Waals surface area contributed by atoms with Gasteiger partial charge in [0.15, 0.2) is 0 Å². The normalized spacial score (nSPS) is 11.2. The number of nitrogens with zero attached hydrogens (tertiary/aromatic N) is 2. The van der Waals surface area contributed by atoms with Gasteiger partial charge in [0, 0.05) is 23.6 Å². The zero-order valence-corrected chi connectivity index (χ0v) is 16.4. The van der Waals surface area contributed by atoms with Crippen LogP contribution in [0.3, 0.4) is 0 Å². The van der Waals surface area contributed by atoms with Crippen LogP contribution in [0.15, 0.2) is 72.0 Å². The van der Waals surface area contributed by atoms with Gasteiger partial charge in [-0.1, -0.05) is 35.9 Å². The van der Waals surface area contributed by atoms with Crippen molar-refractivity contribution in [1.29, 1.82) is 0 Å². The number of nitrogens with one attached hydrogen (secondary N) is 2. The quantitative estimate of drug-likeness (QED) is 0.527. The number of anilines is 1. The van der Waals surface area contributed by atoms with Gasteiger partial charge in [0.25, 0.3) is 5.91 Å². The molecule has 5 heteroatoms. The summed E-state index contributed by atoms with van der Waals surface area (Å²) in [7, 11) is 0. The first-order valence-corrected chi connectivity index (χ1v) is 9.17. The predicted octanol–water partition coefficient (Wildman–Crippen LogP) is 4.40. The van der Waals surface area contributed by atoms with Crippen molar-refractivity contribution in [3.05, 3.63) is 94.8 Å². The molecule has 0 unspecified atom stereocenters. The lowest BCUT2D eigenvalue weighted by atomic mass is 10.1. The van der Waals surface area contributed by atoms with Crippen LogP contribution in [0.1, 0.15) is 32.6 Å². The van der Waals surface area contributed by atoms with Crippen LogP contribution in [0.2, 0.25) is 0 Å². The summed E-state index contributed by atoms with van der Waals surface area (Å²) < 4.78 is 0. The lowest BCUT2D eigenvalue weighted by Gasteiger charge is -2.14. The van der Waals surface area contributed by atoms with Gasteiger partial charge in [-0.25, -0.2) is 4.99 Å². The molecule has 2 N–H and O–H groups in total. The van der Waals surface area contributed by atoms with Crippen LogP contribution >= 0.6 is 0 Å². The molecule has 0 fully saturated rings. The van der Waals surface area contributed by atoms with E-state index in [4.69, 9.17) is 0 Å². The van der Waals surface area contributed by atoms with Crippen LogP contribution < -0.4 is 10.6 Å². The molecule has 28 heavy (non-hydrogen) atoms. The van der Waals surface area contributed by atoms with Crippen molar-refractivity contribution in [3.8, 4) is 0 Å². The van der Waals surface area contributed by atoms with Crippen molar-refractivity contribution in [1.82, 2.24) is 10.3 Å². The largest absolute Gasteiger partial charge is 0.326 e. The van der Waals surface area contributed by atoms with Crippen LogP contribution in [-0.2, 0) is 6.54 Å². The Morgan fingerprint density at radius 1 is 1.00 bits per heavy atom. The molecule has 1 heterocycles. The Bertz CT molecular complexity index is 996. The molecule has 1 amide bonds. The molecule has 0 bridgehead atoms. The van der Waals surface area contributed by atoms with Crippen LogP contribution in [0, 0.1) is 20.8 Å². The molecule has 142 valence electrons. The molecule has 0 radical (unpaired) electrons. The molecule has 0 saturated heterocycles. The van der Waals surface area contributed by atoms with Crippen LogP contribution in [0.25, 0.3) is 0 Å². The summed E-state index contributed by atoms with van der Waals surface area (Å²) in [6.07, 6.45) is 3.49. The number of hydrogen-bond acceptors (Lipinski definition) is 3. The molecule has 3 aromatic rings. The second-order valence-electron chi connectivity index (χ2n) is 6.79. The van der Waals surface area contributed by atoms with E-state index in [0.29, 0.717) is 18.1 Å². The second-order valence-corrected chi connectivity index (χ2v) is 6.79. The van der Waals surface area contributed by atoms with Crippen LogP contribution in [0.5, 0.6) is 0 Å². The van der Waals surface area contributed by atoms with Gasteiger partial charge < -0.3 is 5.32 Å². The fourth-order valence-corrected chi connectivity index (χ4v) is 2.74. The molecule has 0 saturated carbocycles. The maximum atomic E-state index is 12.7. The number of aryl methyl sites for hydroxylation is 3. The van der Waals surface area contributed by atoms with Crippen LogP contribution in [-0.4, -0.2) is 16.9 Å². The highest BCUT2D eigenvalue weighted by Gasteiger charge is 2.11. The number of rotatable bonds is 4. The van der Waals surface area contributed by atoms with Crippen molar-refractivity contribution in [3.63, 3.8) is 0 Å². The molecule has 0 aliphatic carbocycles. The lowest BCUT2D eigenvalue weighted by Crippen LogP contribution is -2.36. The van der Waals surface area contributed by atoms with E-state index in [1.165, 1.54) is 0 Å². The first-order chi connectivity index (χ1) is 13.5. The SMILES string of the molecule is Cc1cccc(C(=O)NC(=NCc2cccnc2)Nc2cc(C)ccc2C)c1. The number of aromatic nitrogens is 1. The van der Waals surface area contributed by atoms with E-state index >= 15 is 0 Å². The van der Waals surface area contributed by atoms with Crippen molar-refractivity contribution in [2.45, 2.75) is 27.3 Å². The number of amides is 1. The third-order valence-corrected chi connectivity index (χ3v) is 4.30.